The first-order valence-electron chi connectivity index (χ1n) is 11.0. The third-order valence-electron chi connectivity index (χ3n) is 6.46. The molecule has 0 radical (unpaired) electrons. The van der Waals surface area contributed by atoms with Gasteiger partial charge in [0.2, 0.25) is 5.82 Å². The summed E-state index contributed by atoms with van der Waals surface area (Å²) in [5.41, 5.74) is -0.575. The molecule has 0 aliphatic carbocycles. The highest BCUT2D eigenvalue weighted by Crippen LogP contribution is 2.44. The number of methoxy groups -OCH3 is 1. The maximum atomic E-state index is 14.9. The average Bonchev–Trinajstić information content (AvgIpc) is 2.87. The Balaban J connectivity index is 1.77. The van der Waals surface area contributed by atoms with Gasteiger partial charge < -0.3 is 9.47 Å². The molecule has 190 valence electrons. The van der Waals surface area contributed by atoms with Crippen LogP contribution in [0.3, 0.4) is 0 Å². The molecule has 36 heavy (non-hydrogen) atoms. The Morgan fingerprint density at radius 2 is 1.61 bits per heavy atom. The molecule has 4 rings (SSSR count). The molecular weight excluding hydrogens is 487 g/mol. The molecule has 2 aliphatic rings. The highest BCUT2D eigenvalue weighted by atomic mass is 19.2. The monoisotopic (exact) mass is 508 g/mol. The molecule has 5 atom stereocenters. The Hall–Kier alpha value is -3.47. The highest BCUT2D eigenvalue weighted by molar-refractivity contribution is 6.06. The predicted molar refractivity (Wildman–Crippen MR) is 118 cm³/mol. The van der Waals surface area contributed by atoms with Gasteiger partial charge in [-0.25, -0.2) is 22.0 Å². The lowest BCUT2D eigenvalue weighted by Gasteiger charge is -2.39. The molecule has 6 nitrogen and oxygen atoms in total. The van der Waals surface area contributed by atoms with Crippen LogP contribution in [-0.4, -0.2) is 50.0 Å². The number of nitrogens with zero attached hydrogens (tertiary/aromatic N) is 2. The Morgan fingerprint density at radius 1 is 1.00 bits per heavy atom. The molecule has 0 amide bonds. The maximum absolute atomic E-state index is 14.9. The van der Waals surface area contributed by atoms with E-state index in [1.165, 1.54) is 20.2 Å². The predicted octanol–water partition coefficient (Wildman–Crippen LogP) is 4.13. The Morgan fingerprint density at radius 3 is 2.22 bits per heavy atom. The number of aliphatic imine (C=N–C) groups is 2. The quantitative estimate of drug-likeness (QED) is 0.255. The molecule has 2 aromatic carbocycles. The summed E-state index contributed by atoms with van der Waals surface area (Å²) in [6.07, 6.45) is 0.576. The van der Waals surface area contributed by atoms with E-state index in [4.69, 9.17) is 9.47 Å². The molecule has 2 heterocycles. The number of halogens is 5. The fourth-order valence-corrected chi connectivity index (χ4v) is 4.74. The van der Waals surface area contributed by atoms with Gasteiger partial charge in [0.05, 0.1) is 18.5 Å². The van der Waals surface area contributed by atoms with E-state index < -0.39 is 76.3 Å². The number of hydrogen-bond acceptors (Lipinski definition) is 6. The van der Waals surface area contributed by atoms with Gasteiger partial charge in [0.1, 0.15) is 18.6 Å². The van der Waals surface area contributed by atoms with Crippen molar-refractivity contribution in [3.8, 4) is 0 Å². The number of hydrogen-bond donors (Lipinski definition) is 0. The van der Waals surface area contributed by atoms with Crippen molar-refractivity contribution >= 4 is 23.7 Å². The second-order valence-electron chi connectivity index (χ2n) is 8.50. The maximum Gasteiger partial charge on any atom is 0.315 e. The molecular formula is C25H21F5N2O4. The zero-order valence-electron chi connectivity index (χ0n) is 19.2. The van der Waals surface area contributed by atoms with E-state index >= 15 is 0 Å². The van der Waals surface area contributed by atoms with E-state index in [1.54, 1.807) is 30.3 Å². The van der Waals surface area contributed by atoms with E-state index in [9.17, 15) is 31.5 Å². The summed E-state index contributed by atoms with van der Waals surface area (Å²) in [6, 6.07) is 7.70. The van der Waals surface area contributed by atoms with Gasteiger partial charge in [0.15, 0.2) is 29.1 Å². The van der Waals surface area contributed by atoms with Crippen molar-refractivity contribution in [3.63, 3.8) is 0 Å². The number of carbonyl (C=O) groups excluding carboxylic acids is 2. The smallest absolute Gasteiger partial charge is 0.315 e. The first-order chi connectivity index (χ1) is 17.2. The van der Waals surface area contributed by atoms with E-state index in [-0.39, 0.29) is 18.9 Å². The lowest BCUT2D eigenvalue weighted by atomic mass is 9.67. The first-order valence-corrected chi connectivity index (χ1v) is 11.0. The zero-order valence-corrected chi connectivity index (χ0v) is 19.2. The largest absolute Gasteiger partial charge is 0.462 e. The van der Waals surface area contributed by atoms with Crippen LogP contribution in [-0.2, 0) is 19.1 Å². The molecule has 4 unspecified atom stereocenters. The van der Waals surface area contributed by atoms with Crippen LogP contribution in [0.15, 0.2) is 40.3 Å². The van der Waals surface area contributed by atoms with Gasteiger partial charge in [-0.2, -0.15) is 0 Å². The molecule has 0 bridgehead atoms. The Labute approximate surface area is 202 Å². The number of ether oxygens (including phenoxy) is 2. The number of Topliss-reactive ketones (excluding diaryl/α,β-unsaturated/α-hetero) is 1. The van der Waals surface area contributed by atoms with Gasteiger partial charge in [-0.1, -0.05) is 30.3 Å². The number of benzene rings is 2. The molecule has 0 fully saturated rings. The lowest BCUT2D eigenvalue weighted by Crippen LogP contribution is -2.49. The number of ketones is 1. The van der Waals surface area contributed by atoms with Crippen LogP contribution in [0.5, 0.6) is 0 Å². The summed E-state index contributed by atoms with van der Waals surface area (Å²) in [7, 11) is 1.39. The first kappa shape index (κ1) is 25.6. The number of esters is 1. The summed E-state index contributed by atoms with van der Waals surface area (Å²) < 4.78 is 82.7. The fourth-order valence-electron chi connectivity index (χ4n) is 4.74. The minimum Gasteiger partial charge on any atom is -0.462 e. The Kier molecular flexibility index (Phi) is 7.30. The normalized spacial score (nSPS) is 24.2. The van der Waals surface area contributed by atoms with Crippen molar-refractivity contribution in [2.24, 2.45) is 21.8 Å². The minimum absolute atomic E-state index is 0.00465. The van der Waals surface area contributed by atoms with Crippen molar-refractivity contribution in [2.45, 2.75) is 25.0 Å². The van der Waals surface area contributed by atoms with Gasteiger partial charge in [-0.15, -0.1) is 0 Å². The van der Waals surface area contributed by atoms with E-state index in [0.29, 0.717) is 5.56 Å². The average molecular weight is 508 g/mol. The van der Waals surface area contributed by atoms with Crippen LogP contribution in [0.2, 0.25) is 0 Å². The highest BCUT2D eigenvalue weighted by Gasteiger charge is 2.51. The van der Waals surface area contributed by atoms with Gasteiger partial charge in [0, 0.05) is 30.5 Å². The molecule has 0 saturated heterocycles. The van der Waals surface area contributed by atoms with Crippen molar-refractivity contribution in [2.75, 3.05) is 20.3 Å². The van der Waals surface area contributed by atoms with Gasteiger partial charge in [-0.05, 0) is 12.5 Å². The van der Waals surface area contributed by atoms with Crippen molar-refractivity contribution in [3.05, 3.63) is 70.5 Å². The van der Waals surface area contributed by atoms with Crippen molar-refractivity contribution in [1.29, 1.82) is 0 Å². The topological polar surface area (TPSA) is 77.3 Å². The van der Waals surface area contributed by atoms with Crippen molar-refractivity contribution < 1.29 is 41.0 Å². The summed E-state index contributed by atoms with van der Waals surface area (Å²) >= 11 is 0. The summed E-state index contributed by atoms with van der Waals surface area (Å²) in [5.74, 6) is -17.3. The van der Waals surface area contributed by atoms with E-state index in [0.717, 1.165) is 0 Å². The Bertz CT molecular complexity index is 1220. The van der Waals surface area contributed by atoms with Crippen LogP contribution in [0.25, 0.3) is 0 Å². The van der Waals surface area contributed by atoms with E-state index in [1.807, 2.05) is 0 Å². The van der Waals surface area contributed by atoms with Crippen LogP contribution in [0.1, 0.15) is 30.1 Å². The third-order valence-corrected chi connectivity index (χ3v) is 6.46. The second-order valence-corrected chi connectivity index (χ2v) is 8.50. The van der Waals surface area contributed by atoms with E-state index in [2.05, 4.69) is 9.98 Å². The molecule has 11 heteroatoms. The lowest BCUT2D eigenvalue weighted by molar-refractivity contribution is -0.151. The van der Waals surface area contributed by atoms with Crippen LogP contribution < -0.4 is 0 Å². The number of fused-ring (bicyclic) bond motifs is 1. The summed E-state index contributed by atoms with van der Waals surface area (Å²) in [4.78, 5) is 34.2. The molecule has 0 spiro atoms. The van der Waals surface area contributed by atoms with Crippen LogP contribution in [0, 0.1) is 40.9 Å². The van der Waals surface area contributed by atoms with Crippen LogP contribution >= 0.6 is 0 Å². The molecule has 2 aromatic rings. The molecule has 0 aromatic heterocycles. The minimum atomic E-state index is -2.34. The standard InChI is InChI=1S/C25H21F5N2O4/c1-11-16(25(34)36-10-15(35-2)12-6-4-3-5-7-12)18(17-13(32-11)8-31-9-14(17)33)19-20(26)22(28)24(30)23(29)21(19)27/h3-8,13,15-18H,9-10H2,1-2H3/t13?,15-,16?,17?,18?/m1/s1. The van der Waals surface area contributed by atoms with Gasteiger partial charge >= 0.3 is 5.97 Å². The molecule has 0 saturated carbocycles. The van der Waals surface area contributed by atoms with Gasteiger partial charge in [-0.3, -0.25) is 19.6 Å². The fraction of sp³-hybridized carbons (Fsp3) is 0.360. The SMILES string of the molecule is CO[C@H](COC(=O)C1C(C)=NC2C=NCC(=O)C2C1c1c(F)c(F)c(F)c(F)c1F)c1ccccc1. The zero-order chi connectivity index (χ0) is 26.1. The number of carbonyl (C=O) groups is 2. The number of rotatable bonds is 6. The second kappa shape index (κ2) is 10.3. The molecule has 2 aliphatic heterocycles. The van der Waals surface area contributed by atoms with Crippen molar-refractivity contribution in [1.82, 2.24) is 0 Å². The van der Waals surface area contributed by atoms with Crippen LogP contribution in [0.4, 0.5) is 22.0 Å². The summed E-state index contributed by atoms with van der Waals surface area (Å²) in [5, 5.41) is 0. The molecule has 0 N–H and O–H groups in total. The summed E-state index contributed by atoms with van der Waals surface area (Å²) in [6.45, 7) is 0.665. The van der Waals surface area contributed by atoms with Gasteiger partial charge in [0.25, 0.3) is 0 Å². The third kappa shape index (κ3) is 4.43.